The molecule has 0 bridgehead atoms. The number of nitrogens with zero attached hydrogens (tertiary/aromatic N) is 2. The van der Waals surface area contributed by atoms with E-state index in [0.29, 0.717) is 5.56 Å². The van der Waals surface area contributed by atoms with Crippen LogP contribution in [-0.4, -0.2) is 9.78 Å². The van der Waals surface area contributed by atoms with Gasteiger partial charge < -0.3 is 0 Å². The van der Waals surface area contributed by atoms with E-state index in [0.717, 1.165) is 12.1 Å². The first-order valence-corrected chi connectivity index (χ1v) is 4.09. The summed E-state index contributed by atoms with van der Waals surface area (Å²) in [5, 5.41) is 3.91. The topological polar surface area (TPSA) is 17.8 Å². The third-order valence-corrected chi connectivity index (χ3v) is 1.82. The van der Waals surface area contributed by atoms with Gasteiger partial charge in [-0.3, -0.25) is 13.5 Å². The molecular formula is C10H7F2IrN2-. The van der Waals surface area contributed by atoms with Crippen molar-refractivity contribution in [3.8, 4) is 0 Å². The van der Waals surface area contributed by atoms with Crippen molar-refractivity contribution < 1.29 is 28.9 Å². The number of benzene rings is 1. The van der Waals surface area contributed by atoms with Crippen molar-refractivity contribution in [3.05, 3.63) is 53.9 Å². The van der Waals surface area contributed by atoms with E-state index < -0.39 is 11.6 Å². The number of hydrogen-bond acceptors (Lipinski definition) is 1. The fraction of sp³-hybridized carbons (Fsp3) is 0.100. The average Bonchev–Trinajstić information content (AvgIpc) is 2.62. The zero-order chi connectivity index (χ0) is 9.97. The maximum atomic E-state index is 13.1. The predicted molar refractivity (Wildman–Crippen MR) is 46.5 cm³/mol. The summed E-state index contributed by atoms with van der Waals surface area (Å²) < 4.78 is 27.2. The van der Waals surface area contributed by atoms with Gasteiger partial charge in [-0.15, -0.1) is 17.7 Å². The average molecular weight is 385 g/mol. The molecule has 0 unspecified atom stereocenters. The Morgan fingerprint density at radius 2 is 2.20 bits per heavy atom. The van der Waals surface area contributed by atoms with E-state index in [1.54, 1.807) is 23.1 Å². The molecule has 2 aromatic rings. The van der Waals surface area contributed by atoms with Gasteiger partial charge in [0.15, 0.2) is 0 Å². The zero-order valence-electron chi connectivity index (χ0n) is 7.58. The molecule has 0 amide bonds. The van der Waals surface area contributed by atoms with Crippen LogP contribution in [0.5, 0.6) is 0 Å². The minimum Gasteiger partial charge on any atom is -0.284 e. The van der Waals surface area contributed by atoms with Gasteiger partial charge in [0.05, 0.1) is 0 Å². The van der Waals surface area contributed by atoms with E-state index in [1.807, 2.05) is 0 Å². The van der Waals surface area contributed by atoms with Gasteiger partial charge in [-0.1, -0.05) is 0 Å². The Kier molecular flexibility index (Phi) is 4.12. The fourth-order valence-corrected chi connectivity index (χ4v) is 1.15. The van der Waals surface area contributed by atoms with Crippen molar-refractivity contribution >= 4 is 0 Å². The van der Waals surface area contributed by atoms with Crippen LogP contribution < -0.4 is 0 Å². The van der Waals surface area contributed by atoms with Crippen LogP contribution in [0.2, 0.25) is 0 Å². The van der Waals surface area contributed by atoms with Gasteiger partial charge in [-0.05, 0) is 6.07 Å². The van der Waals surface area contributed by atoms with Crippen LogP contribution in [0.25, 0.3) is 0 Å². The molecule has 1 radical (unpaired) electrons. The molecule has 0 saturated heterocycles. The Morgan fingerprint density at radius 3 is 2.80 bits per heavy atom. The fourth-order valence-electron chi connectivity index (χ4n) is 1.15. The molecular weight excluding hydrogens is 378 g/mol. The first-order chi connectivity index (χ1) is 6.75. The van der Waals surface area contributed by atoms with Gasteiger partial charge in [0, 0.05) is 50.7 Å². The summed E-state index contributed by atoms with van der Waals surface area (Å²) in [5.74, 6) is -1.22. The quantitative estimate of drug-likeness (QED) is 0.724. The van der Waals surface area contributed by atoms with Crippen molar-refractivity contribution in [2.45, 2.75) is 6.54 Å². The van der Waals surface area contributed by atoms with E-state index in [2.05, 4.69) is 11.2 Å². The van der Waals surface area contributed by atoms with Gasteiger partial charge in [0.25, 0.3) is 0 Å². The maximum absolute atomic E-state index is 13.1. The molecule has 1 aromatic heterocycles. The molecule has 81 valence electrons. The summed E-state index contributed by atoms with van der Waals surface area (Å²) in [6.45, 7) is 0.263. The molecule has 0 atom stereocenters. The predicted octanol–water partition coefficient (Wildman–Crippen LogP) is 2.01. The second-order valence-corrected chi connectivity index (χ2v) is 2.85. The summed E-state index contributed by atoms with van der Waals surface area (Å²) in [4.78, 5) is 0. The third kappa shape index (κ3) is 2.94. The van der Waals surface area contributed by atoms with E-state index in [-0.39, 0.29) is 26.7 Å². The maximum Gasteiger partial charge on any atom is 0.0489 e. The van der Waals surface area contributed by atoms with Crippen LogP contribution in [0.3, 0.4) is 0 Å². The van der Waals surface area contributed by atoms with Gasteiger partial charge in [0.2, 0.25) is 0 Å². The molecule has 0 aliphatic carbocycles. The van der Waals surface area contributed by atoms with E-state index in [4.69, 9.17) is 0 Å². The van der Waals surface area contributed by atoms with Gasteiger partial charge in [0.1, 0.15) is 0 Å². The van der Waals surface area contributed by atoms with Gasteiger partial charge in [-0.2, -0.15) is 11.2 Å². The van der Waals surface area contributed by atoms with E-state index in [9.17, 15) is 8.78 Å². The van der Waals surface area contributed by atoms with Gasteiger partial charge >= 0.3 is 0 Å². The Morgan fingerprint density at radius 1 is 1.40 bits per heavy atom. The summed E-state index contributed by atoms with van der Waals surface area (Å²) in [6.07, 6.45) is 3.30. The SMILES string of the molecule is Fc1c[c-]c(Cn2cccn2)c(F)c1.[Ir]. The van der Waals surface area contributed by atoms with Crippen molar-refractivity contribution in [1.82, 2.24) is 9.78 Å². The molecule has 15 heavy (non-hydrogen) atoms. The molecule has 0 spiro atoms. The normalized spacial score (nSPS) is 9.73. The first-order valence-electron chi connectivity index (χ1n) is 4.09. The van der Waals surface area contributed by atoms with Crippen molar-refractivity contribution in [3.63, 3.8) is 0 Å². The van der Waals surface area contributed by atoms with Crippen LogP contribution in [0, 0.1) is 17.7 Å². The van der Waals surface area contributed by atoms with Crippen LogP contribution in [0.4, 0.5) is 8.78 Å². The standard InChI is InChI=1S/C10H7F2N2.Ir/c11-9-3-2-8(10(12)6-9)7-14-5-1-4-13-14;/h1,3-6H,7H2;/q-1;. The molecule has 1 heterocycles. The summed E-state index contributed by atoms with van der Waals surface area (Å²) in [6, 6.07) is 6.23. The van der Waals surface area contributed by atoms with E-state index >= 15 is 0 Å². The molecule has 0 saturated carbocycles. The van der Waals surface area contributed by atoms with Crippen LogP contribution in [-0.2, 0) is 26.7 Å². The minimum atomic E-state index is -0.619. The Labute approximate surface area is 99.3 Å². The largest absolute Gasteiger partial charge is 0.284 e. The summed E-state index contributed by atoms with van der Waals surface area (Å²) in [5.41, 5.74) is 0.301. The molecule has 1 aromatic carbocycles. The summed E-state index contributed by atoms with van der Waals surface area (Å²) >= 11 is 0. The molecule has 5 heteroatoms. The molecule has 0 aliphatic heterocycles. The Bertz CT molecular complexity index is 429. The van der Waals surface area contributed by atoms with Crippen molar-refractivity contribution in [2.24, 2.45) is 0 Å². The number of halogens is 2. The van der Waals surface area contributed by atoms with Crippen LogP contribution >= 0.6 is 0 Å². The Balaban J connectivity index is 0.00000112. The Hall–Kier alpha value is -1.06. The molecule has 2 nitrogen and oxygen atoms in total. The van der Waals surface area contributed by atoms with E-state index in [1.165, 1.54) is 0 Å². The second-order valence-electron chi connectivity index (χ2n) is 2.85. The number of rotatable bonds is 2. The monoisotopic (exact) mass is 386 g/mol. The van der Waals surface area contributed by atoms with Gasteiger partial charge in [-0.25, -0.2) is 0 Å². The smallest absolute Gasteiger partial charge is 0.0489 e. The minimum absolute atomic E-state index is 0. The van der Waals surface area contributed by atoms with Crippen molar-refractivity contribution in [2.75, 3.05) is 0 Å². The molecule has 2 rings (SSSR count). The molecule has 0 N–H and O–H groups in total. The number of aromatic nitrogens is 2. The first kappa shape index (κ1) is 12.0. The van der Waals surface area contributed by atoms with Crippen molar-refractivity contribution in [1.29, 1.82) is 0 Å². The second kappa shape index (κ2) is 5.14. The third-order valence-electron chi connectivity index (χ3n) is 1.82. The van der Waals surface area contributed by atoms with Crippen LogP contribution in [0.1, 0.15) is 5.56 Å². The van der Waals surface area contributed by atoms with Crippen LogP contribution in [0.15, 0.2) is 30.6 Å². The summed E-state index contributed by atoms with van der Waals surface area (Å²) in [7, 11) is 0. The number of hydrogen-bond donors (Lipinski definition) is 0. The molecule has 0 aliphatic rings. The molecule has 0 fully saturated rings. The zero-order valence-corrected chi connectivity index (χ0v) is 9.97.